The first-order chi connectivity index (χ1) is 11.7. The molecular weight excluding hydrogens is 378 g/mol. The van der Waals surface area contributed by atoms with E-state index in [0.717, 1.165) is 51.1 Å². The molecule has 4 saturated heterocycles. The van der Waals surface area contributed by atoms with Crippen molar-refractivity contribution in [1.82, 2.24) is 10.2 Å². The Kier molecular flexibility index (Phi) is 7.31. The molecule has 1 aromatic carbocycles. The minimum atomic E-state index is -0.634. The van der Waals surface area contributed by atoms with E-state index >= 15 is 0 Å². The van der Waals surface area contributed by atoms with Crippen LogP contribution in [0, 0.1) is 11.7 Å². The van der Waals surface area contributed by atoms with Crippen molar-refractivity contribution in [3.63, 3.8) is 0 Å². The fourth-order valence-electron chi connectivity index (χ4n) is 4.53. The third-order valence-electron chi connectivity index (χ3n) is 6.10. The van der Waals surface area contributed by atoms with Crippen LogP contribution in [-0.2, 0) is 14.9 Å². The number of halogens is 3. The first-order valence-corrected chi connectivity index (χ1v) is 9.08. The Bertz CT molecular complexity index is 600. The molecule has 1 aromatic rings. The van der Waals surface area contributed by atoms with Crippen LogP contribution in [0.25, 0.3) is 0 Å². The number of carbonyl (C=O) groups is 1. The van der Waals surface area contributed by atoms with E-state index < -0.39 is 5.41 Å². The lowest BCUT2D eigenvalue weighted by molar-refractivity contribution is -0.167. The zero-order valence-corrected chi connectivity index (χ0v) is 16.4. The van der Waals surface area contributed by atoms with Gasteiger partial charge >= 0.3 is 5.97 Å². The van der Waals surface area contributed by atoms with Gasteiger partial charge in [0.05, 0.1) is 5.41 Å². The maximum absolute atomic E-state index is 13.3. The molecule has 4 aliphatic rings. The minimum absolute atomic E-state index is 0. The Morgan fingerprint density at radius 3 is 2.27 bits per heavy atom. The lowest BCUT2D eigenvalue weighted by Gasteiger charge is -2.45. The molecule has 0 aliphatic carbocycles. The molecule has 0 aromatic heterocycles. The van der Waals surface area contributed by atoms with E-state index in [0.29, 0.717) is 18.8 Å². The van der Waals surface area contributed by atoms with Crippen molar-refractivity contribution in [3.8, 4) is 0 Å². The molecule has 1 atom stereocenters. The molecular formula is C19H27Cl2FN2O2. The van der Waals surface area contributed by atoms with E-state index in [2.05, 4.69) is 10.2 Å². The molecule has 26 heavy (non-hydrogen) atoms. The first kappa shape index (κ1) is 21.4. The average molecular weight is 405 g/mol. The van der Waals surface area contributed by atoms with Gasteiger partial charge in [-0.05, 0) is 75.5 Å². The molecule has 0 unspecified atom stereocenters. The Morgan fingerprint density at radius 2 is 1.73 bits per heavy atom. The van der Waals surface area contributed by atoms with Crippen molar-refractivity contribution in [1.29, 1.82) is 0 Å². The minimum Gasteiger partial charge on any atom is -0.460 e. The van der Waals surface area contributed by atoms with E-state index in [9.17, 15) is 9.18 Å². The Morgan fingerprint density at radius 1 is 1.12 bits per heavy atom. The van der Waals surface area contributed by atoms with Gasteiger partial charge in [-0.25, -0.2) is 4.39 Å². The molecule has 4 aliphatic heterocycles. The summed E-state index contributed by atoms with van der Waals surface area (Å²) in [7, 11) is 0. The van der Waals surface area contributed by atoms with Crippen LogP contribution in [0.2, 0.25) is 0 Å². The lowest BCUT2D eigenvalue weighted by atomic mass is 9.73. The van der Waals surface area contributed by atoms with Crippen LogP contribution in [-0.4, -0.2) is 49.7 Å². The summed E-state index contributed by atoms with van der Waals surface area (Å²) in [5.41, 5.74) is 0.252. The van der Waals surface area contributed by atoms with Crippen molar-refractivity contribution in [2.75, 3.05) is 32.7 Å². The SMILES string of the molecule is Cl.Cl.O=C(O[C@H]1CN2CCC1CC2)C1(c2ccc(F)cc2)CCNCC1. The number of ether oxygens (including phenoxy) is 1. The van der Waals surface area contributed by atoms with Gasteiger partial charge in [-0.15, -0.1) is 24.8 Å². The summed E-state index contributed by atoms with van der Waals surface area (Å²) in [6.45, 7) is 4.70. The zero-order chi connectivity index (χ0) is 16.6. The number of rotatable bonds is 3. The maximum atomic E-state index is 13.3. The molecule has 0 radical (unpaired) electrons. The quantitative estimate of drug-likeness (QED) is 0.786. The normalized spacial score (nSPS) is 29.2. The van der Waals surface area contributed by atoms with Crippen molar-refractivity contribution >= 4 is 30.8 Å². The molecule has 7 heteroatoms. The summed E-state index contributed by atoms with van der Waals surface area (Å²) >= 11 is 0. The van der Waals surface area contributed by atoms with Crippen LogP contribution in [0.4, 0.5) is 4.39 Å². The predicted molar refractivity (Wildman–Crippen MR) is 104 cm³/mol. The van der Waals surface area contributed by atoms with Gasteiger partial charge in [-0.3, -0.25) is 9.69 Å². The summed E-state index contributed by atoms with van der Waals surface area (Å²) < 4.78 is 19.4. The van der Waals surface area contributed by atoms with E-state index in [1.54, 1.807) is 12.1 Å². The average Bonchev–Trinajstić information content (AvgIpc) is 2.64. The van der Waals surface area contributed by atoms with Crippen LogP contribution < -0.4 is 5.32 Å². The van der Waals surface area contributed by atoms with Crippen LogP contribution in [0.1, 0.15) is 31.2 Å². The van der Waals surface area contributed by atoms with Crippen LogP contribution in [0.15, 0.2) is 24.3 Å². The monoisotopic (exact) mass is 404 g/mol. The van der Waals surface area contributed by atoms with Gasteiger partial charge in [0, 0.05) is 6.54 Å². The fraction of sp³-hybridized carbons (Fsp3) is 0.632. The van der Waals surface area contributed by atoms with Crippen LogP contribution in [0.3, 0.4) is 0 Å². The molecule has 2 bridgehead atoms. The number of fused-ring (bicyclic) bond motifs is 3. The van der Waals surface area contributed by atoms with Gasteiger partial charge in [0.1, 0.15) is 11.9 Å². The Balaban J connectivity index is 0.00000121. The van der Waals surface area contributed by atoms with Gasteiger partial charge < -0.3 is 10.1 Å². The van der Waals surface area contributed by atoms with Crippen LogP contribution >= 0.6 is 24.8 Å². The second-order valence-corrected chi connectivity index (χ2v) is 7.42. The van der Waals surface area contributed by atoms with Crippen LogP contribution in [0.5, 0.6) is 0 Å². The highest BCUT2D eigenvalue weighted by Gasteiger charge is 2.45. The molecule has 4 nitrogen and oxygen atoms in total. The van der Waals surface area contributed by atoms with Gasteiger partial charge in [0.15, 0.2) is 0 Å². The van der Waals surface area contributed by atoms with E-state index in [1.165, 1.54) is 12.1 Å². The zero-order valence-electron chi connectivity index (χ0n) is 14.8. The van der Waals surface area contributed by atoms with Crippen molar-refractivity contribution in [2.45, 2.75) is 37.2 Å². The second kappa shape index (κ2) is 8.87. The number of hydrogen-bond acceptors (Lipinski definition) is 4. The summed E-state index contributed by atoms with van der Waals surface area (Å²) in [6.07, 6.45) is 3.69. The Hall–Kier alpha value is -0.880. The lowest BCUT2D eigenvalue weighted by Crippen LogP contribution is -2.54. The van der Waals surface area contributed by atoms with E-state index in [-0.39, 0.29) is 42.7 Å². The summed E-state index contributed by atoms with van der Waals surface area (Å²) in [5, 5.41) is 3.32. The van der Waals surface area contributed by atoms with Gasteiger partial charge in [-0.2, -0.15) is 0 Å². The van der Waals surface area contributed by atoms with E-state index in [1.807, 2.05) is 0 Å². The highest BCUT2D eigenvalue weighted by molar-refractivity contribution is 5.85. The number of piperidine rings is 4. The largest absolute Gasteiger partial charge is 0.460 e. The molecule has 0 spiro atoms. The molecule has 0 saturated carbocycles. The number of hydrogen-bond donors (Lipinski definition) is 1. The second-order valence-electron chi connectivity index (χ2n) is 7.42. The Labute approximate surface area is 166 Å². The fourth-order valence-corrected chi connectivity index (χ4v) is 4.53. The third-order valence-corrected chi connectivity index (χ3v) is 6.10. The summed E-state index contributed by atoms with van der Waals surface area (Å²) in [5.74, 6) is 0.119. The number of nitrogens with one attached hydrogen (secondary N) is 1. The van der Waals surface area contributed by atoms with Crippen molar-refractivity contribution < 1.29 is 13.9 Å². The molecule has 4 heterocycles. The standard InChI is InChI=1S/C19H25FN2O2.2ClH/c20-16-3-1-15(2-4-16)19(7-9-21-10-8-19)18(23)24-17-13-22-11-5-14(17)6-12-22;;/h1-4,14,17,21H,5-13H2;2*1H/t17-;;/m0../s1. The summed E-state index contributed by atoms with van der Waals surface area (Å²) in [6, 6.07) is 6.39. The highest BCUT2D eigenvalue weighted by Crippen LogP contribution is 2.37. The molecule has 5 rings (SSSR count). The topological polar surface area (TPSA) is 41.6 Å². The first-order valence-electron chi connectivity index (χ1n) is 9.08. The maximum Gasteiger partial charge on any atom is 0.316 e. The van der Waals surface area contributed by atoms with Crippen molar-refractivity contribution in [2.24, 2.45) is 5.92 Å². The highest BCUT2D eigenvalue weighted by atomic mass is 35.5. The smallest absolute Gasteiger partial charge is 0.316 e. The molecule has 4 fully saturated rings. The van der Waals surface area contributed by atoms with Gasteiger partial charge in [0.2, 0.25) is 0 Å². The number of nitrogens with zero attached hydrogens (tertiary/aromatic N) is 1. The number of carbonyl (C=O) groups excluding carboxylic acids is 1. The van der Waals surface area contributed by atoms with E-state index in [4.69, 9.17) is 4.74 Å². The number of esters is 1. The van der Waals surface area contributed by atoms with Crippen molar-refractivity contribution in [3.05, 3.63) is 35.6 Å². The molecule has 146 valence electrons. The predicted octanol–water partition coefficient (Wildman–Crippen LogP) is 2.93. The molecule has 1 N–H and O–H groups in total. The number of benzene rings is 1. The third kappa shape index (κ3) is 4.01. The van der Waals surface area contributed by atoms with Gasteiger partial charge in [-0.1, -0.05) is 12.1 Å². The molecule has 0 amide bonds. The summed E-state index contributed by atoms with van der Waals surface area (Å²) in [4.78, 5) is 15.6. The van der Waals surface area contributed by atoms with Gasteiger partial charge in [0.25, 0.3) is 0 Å².